The molecule has 2 atom stereocenters. The Morgan fingerprint density at radius 3 is 2.55 bits per heavy atom. The first-order valence-corrected chi connectivity index (χ1v) is 8.54. The topological polar surface area (TPSA) is 68.7 Å². The number of hydrogen-bond donors (Lipinski definition) is 1. The summed E-state index contributed by atoms with van der Waals surface area (Å²) in [5.41, 5.74) is 0.390. The van der Waals surface area contributed by atoms with Crippen molar-refractivity contribution in [2.45, 2.75) is 32.0 Å². The van der Waals surface area contributed by atoms with E-state index in [1.807, 2.05) is 0 Å². The summed E-state index contributed by atoms with van der Waals surface area (Å²) in [6.45, 7) is 1.58. The van der Waals surface area contributed by atoms with Crippen molar-refractivity contribution in [1.82, 2.24) is 4.98 Å². The minimum Gasteiger partial charge on any atom is -0.466 e. The summed E-state index contributed by atoms with van der Waals surface area (Å²) in [7, 11) is 0. The summed E-state index contributed by atoms with van der Waals surface area (Å²) in [5, 5.41) is 10.5. The molecule has 0 bridgehead atoms. The van der Waals surface area contributed by atoms with E-state index in [-0.39, 0.29) is 24.2 Å². The van der Waals surface area contributed by atoms with E-state index in [4.69, 9.17) is 4.74 Å². The summed E-state index contributed by atoms with van der Waals surface area (Å²) in [6, 6.07) is 7.07. The first-order valence-electron chi connectivity index (χ1n) is 8.54. The molecule has 0 fully saturated rings. The van der Waals surface area contributed by atoms with Crippen LogP contribution in [0.15, 0.2) is 42.6 Å². The third-order valence-electron chi connectivity index (χ3n) is 3.92. The molecule has 0 aliphatic heterocycles. The molecular weight excluding hydrogens is 401 g/mol. The number of hydrogen-bond acceptors (Lipinski definition) is 5. The van der Waals surface area contributed by atoms with Gasteiger partial charge in [-0.15, -0.1) is 0 Å². The van der Waals surface area contributed by atoms with Crippen molar-refractivity contribution in [3.8, 4) is 5.75 Å². The molecule has 0 radical (unpaired) electrons. The molecule has 0 aliphatic carbocycles. The van der Waals surface area contributed by atoms with Gasteiger partial charge in [-0.3, -0.25) is 4.79 Å². The second-order valence-corrected chi connectivity index (χ2v) is 6.03. The Morgan fingerprint density at radius 1 is 1.24 bits per heavy atom. The fourth-order valence-electron chi connectivity index (χ4n) is 2.56. The van der Waals surface area contributed by atoms with Crippen LogP contribution in [0.4, 0.5) is 22.0 Å². The lowest BCUT2D eigenvalue weighted by molar-refractivity contribution is -0.253. The molecule has 0 saturated carbocycles. The van der Waals surface area contributed by atoms with Gasteiger partial charge in [0.2, 0.25) is 5.95 Å². The number of nitrogens with zero attached hydrogens (tertiary/aromatic N) is 1. The minimum absolute atomic E-state index is 0.0213. The number of carbonyl (C=O) groups excluding carboxylic acids is 1. The van der Waals surface area contributed by atoms with Crippen LogP contribution in [0, 0.1) is 11.9 Å². The number of rotatable bonds is 9. The Kier molecular flexibility index (Phi) is 7.49. The van der Waals surface area contributed by atoms with Gasteiger partial charge in [-0.2, -0.15) is 22.0 Å². The number of pyridine rings is 1. The van der Waals surface area contributed by atoms with E-state index in [2.05, 4.69) is 9.72 Å². The largest absolute Gasteiger partial charge is 0.466 e. The average Bonchev–Trinajstić information content (AvgIpc) is 2.66. The van der Waals surface area contributed by atoms with Crippen LogP contribution < -0.4 is 4.74 Å². The van der Waals surface area contributed by atoms with E-state index in [9.17, 15) is 31.9 Å². The molecule has 1 aromatic carbocycles. The molecule has 2 aromatic rings. The molecule has 5 nitrogen and oxygen atoms in total. The number of ether oxygens (including phenoxy) is 2. The molecule has 1 aromatic heterocycles. The summed E-state index contributed by atoms with van der Waals surface area (Å²) in [5.74, 6) is -3.28. The maximum atomic E-state index is 13.1. The number of aliphatic hydroxyl groups is 1. The molecule has 29 heavy (non-hydrogen) atoms. The zero-order valence-electron chi connectivity index (χ0n) is 15.2. The monoisotopic (exact) mass is 419 g/mol. The van der Waals surface area contributed by atoms with Gasteiger partial charge in [-0.05, 0) is 42.7 Å². The van der Waals surface area contributed by atoms with Crippen LogP contribution in [0.5, 0.6) is 5.75 Å². The predicted octanol–water partition coefficient (Wildman–Crippen LogP) is 3.91. The van der Waals surface area contributed by atoms with Crippen LogP contribution in [0.2, 0.25) is 0 Å². The van der Waals surface area contributed by atoms with Gasteiger partial charge in [0.05, 0.1) is 18.6 Å². The number of aromatic nitrogens is 1. The quantitative estimate of drug-likeness (QED) is 0.379. The Bertz CT molecular complexity index is 817. The summed E-state index contributed by atoms with van der Waals surface area (Å²) in [6.07, 6.45) is -9.28. The van der Waals surface area contributed by atoms with Gasteiger partial charge in [0, 0.05) is 6.20 Å². The van der Waals surface area contributed by atoms with Crippen LogP contribution in [-0.2, 0) is 16.0 Å². The van der Waals surface area contributed by atoms with Crippen molar-refractivity contribution in [2.75, 3.05) is 6.61 Å². The lowest BCUT2D eigenvalue weighted by Gasteiger charge is -2.22. The Balaban J connectivity index is 2.26. The van der Waals surface area contributed by atoms with Gasteiger partial charge in [-0.1, -0.05) is 18.2 Å². The summed E-state index contributed by atoms with van der Waals surface area (Å²) < 4.78 is 72.8. The van der Waals surface area contributed by atoms with Crippen molar-refractivity contribution in [2.24, 2.45) is 5.92 Å². The maximum absolute atomic E-state index is 13.1. The van der Waals surface area contributed by atoms with Gasteiger partial charge < -0.3 is 14.6 Å². The number of carbonyl (C=O) groups is 1. The zero-order valence-corrected chi connectivity index (χ0v) is 15.2. The van der Waals surface area contributed by atoms with Crippen molar-refractivity contribution in [3.63, 3.8) is 0 Å². The first-order chi connectivity index (χ1) is 13.6. The molecule has 2 rings (SSSR count). The van der Waals surface area contributed by atoms with Gasteiger partial charge in [-0.25, -0.2) is 4.98 Å². The van der Waals surface area contributed by atoms with Gasteiger partial charge in [0.1, 0.15) is 5.75 Å². The third kappa shape index (κ3) is 6.11. The third-order valence-corrected chi connectivity index (χ3v) is 3.92. The molecule has 10 heteroatoms. The van der Waals surface area contributed by atoms with Gasteiger partial charge in [0.25, 0.3) is 0 Å². The smallest absolute Gasteiger partial charge is 0.461 e. The van der Waals surface area contributed by atoms with Crippen molar-refractivity contribution in [3.05, 3.63) is 59.7 Å². The first kappa shape index (κ1) is 22.5. The van der Waals surface area contributed by atoms with Crippen LogP contribution in [0.25, 0.3) is 0 Å². The Hall–Kier alpha value is -2.75. The zero-order chi connectivity index (χ0) is 21.6. The van der Waals surface area contributed by atoms with Crippen molar-refractivity contribution >= 4 is 5.97 Å². The van der Waals surface area contributed by atoms with E-state index in [0.717, 1.165) is 24.4 Å². The number of aliphatic hydroxyl groups excluding tert-OH is 1. The molecular formula is C19H18F5NO4. The van der Waals surface area contributed by atoms with Gasteiger partial charge in [0.15, 0.2) is 0 Å². The van der Waals surface area contributed by atoms with Crippen molar-refractivity contribution < 1.29 is 41.3 Å². The SMILES string of the molecule is CCOC(=O)C(Cc1cccc(OC(F)(F)C(F)F)c1)C(O)c1ccc(F)nc1. The van der Waals surface area contributed by atoms with E-state index in [1.54, 1.807) is 6.92 Å². The average molecular weight is 419 g/mol. The summed E-state index contributed by atoms with van der Waals surface area (Å²) >= 11 is 0. The lowest BCUT2D eigenvalue weighted by atomic mass is 9.90. The van der Waals surface area contributed by atoms with E-state index >= 15 is 0 Å². The fourth-order valence-corrected chi connectivity index (χ4v) is 2.56. The molecule has 0 amide bonds. The second kappa shape index (κ2) is 9.64. The molecule has 158 valence electrons. The number of alkyl halides is 4. The molecule has 2 unspecified atom stereocenters. The highest BCUT2D eigenvalue weighted by atomic mass is 19.3. The van der Waals surface area contributed by atoms with Crippen LogP contribution in [0.3, 0.4) is 0 Å². The fraction of sp³-hybridized carbons (Fsp3) is 0.368. The maximum Gasteiger partial charge on any atom is 0.461 e. The Labute approximate surface area is 163 Å². The van der Waals surface area contributed by atoms with Crippen LogP contribution in [-0.4, -0.2) is 35.2 Å². The second-order valence-electron chi connectivity index (χ2n) is 6.03. The van der Waals surface area contributed by atoms with E-state index < -0.39 is 42.2 Å². The normalized spacial score (nSPS) is 13.8. The summed E-state index contributed by atoms with van der Waals surface area (Å²) in [4.78, 5) is 15.7. The van der Waals surface area contributed by atoms with Crippen molar-refractivity contribution in [1.29, 1.82) is 0 Å². The lowest BCUT2D eigenvalue weighted by Crippen LogP contribution is -2.33. The molecule has 0 saturated heterocycles. The highest BCUT2D eigenvalue weighted by Gasteiger charge is 2.44. The number of halogens is 5. The van der Waals surface area contributed by atoms with E-state index in [0.29, 0.717) is 0 Å². The van der Waals surface area contributed by atoms with Gasteiger partial charge >= 0.3 is 18.5 Å². The van der Waals surface area contributed by atoms with Crippen LogP contribution >= 0.6 is 0 Å². The molecule has 1 N–H and O–H groups in total. The van der Waals surface area contributed by atoms with Crippen LogP contribution in [0.1, 0.15) is 24.2 Å². The Morgan fingerprint density at radius 2 is 1.97 bits per heavy atom. The standard InChI is InChI=1S/C19H18F5NO4/c1-2-28-17(27)14(16(26)12-6-7-15(20)25-10-12)9-11-4-3-5-13(8-11)29-19(23,24)18(21)22/h3-8,10,14,16,18,26H,2,9H2,1H3. The molecule has 0 aliphatic rings. The minimum atomic E-state index is -4.68. The molecule has 1 heterocycles. The predicted molar refractivity (Wildman–Crippen MR) is 91.0 cm³/mol. The number of esters is 1. The number of benzene rings is 1. The van der Waals surface area contributed by atoms with E-state index in [1.165, 1.54) is 18.2 Å². The molecule has 0 spiro atoms. The highest BCUT2D eigenvalue weighted by molar-refractivity contribution is 5.74. The highest BCUT2D eigenvalue weighted by Crippen LogP contribution is 2.30.